The minimum absolute atomic E-state index is 0.300. The summed E-state index contributed by atoms with van der Waals surface area (Å²) in [4.78, 5) is 12.2. The number of carbonyl (C=O) groups is 1. The topological polar surface area (TPSA) is 75.4 Å². The summed E-state index contributed by atoms with van der Waals surface area (Å²) < 4.78 is 4.97. The quantitative estimate of drug-likeness (QED) is 0.791. The van der Waals surface area contributed by atoms with Gasteiger partial charge < -0.3 is 14.9 Å². The monoisotopic (exact) mass is 278 g/mol. The van der Waals surface area contributed by atoms with Crippen molar-refractivity contribution in [3.8, 4) is 0 Å². The van der Waals surface area contributed by atoms with Crippen LogP contribution >= 0.6 is 11.8 Å². The number of aromatic nitrogens is 1. The van der Waals surface area contributed by atoms with E-state index in [9.17, 15) is 9.90 Å². The molecule has 5 nitrogen and oxygen atoms in total. The molecule has 100 valence electrons. The lowest BCUT2D eigenvalue weighted by Crippen LogP contribution is -2.07. The van der Waals surface area contributed by atoms with Crippen LogP contribution in [0.4, 0.5) is 5.69 Å². The number of hydrogen-bond acceptors (Lipinski definition) is 5. The van der Waals surface area contributed by atoms with Crippen molar-refractivity contribution < 1.29 is 14.4 Å². The lowest BCUT2D eigenvalue weighted by molar-refractivity contribution is 0.0694. The molecular formula is C13H14N2O3S. The van der Waals surface area contributed by atoms with Crippen LogP contribution in [0.2, 0.25) is 0 Å². The van der Waals surface area contributed by atoms with Gasteiger partial charge in [0.15, 0.2) is 5.76 Å². The van der Waals surface area contributed by atoms with Crippen molar-refractivity contribution >= 4 is 23.4 Å². The highest BCUT2D eigenvalue weighted by Crippen LogP contribution is 2.28. The van der Waals surface area contributed by atoms with Crippen LogP contribution in [0.5, 0.6) is 0 Å². The zero-order chi connectivity index (χ0) is 13.7. The number of thioether (sulfide) groups is 1. The van der Waals surface area contributed by atoms with Gasteiger partial charge in [0.2, 0.25) is 0 Å². The fraction of sp³-hybridized carbons (Fsp3) is 0.231. The normalized spacial score (nSPS) is 10.4. The average molecular weight is 278 g/mol. The molecule has 1 heterocycles. The summed E-state index contributed by atoms with van der Waals surface area (Å²) in [6.07, 6.45) is 1.55. The smallest absolute Gasteiger partial charge is 0.338 e. The lowest BCUT2D eigenvalue weighted by Gasteiger charge is -2.11. The summed E-state index contributed by atoms with van der Waals surface area (Å²) in [5, 5.41) is 16.0. The van der Waals surface area contributed by atoms with Gasteiger partial charge in [-0.3, -0.25) is 0 Å². The maximum atomic E-state index is 11.4. The van der Waals surface area contributed by atoms with Gasteiger partial charge in [0.25, 0.3) is 0 Å². The third-order valence-corrected chi connectivity index (χ3v) is 3.42. The average Bonchev–Trinajstić information content (AvgIpc) is 2.89. The Kier molecular flexibility index (Phi) is 4.46. The maximum absolute atomic E-state index is 11.4. The van der Waals surface area contributed by atoms with E-state index in [4.69, 9.17) is 4.52 Å². The van der Waals surface area contributed by atoms with Crippen molar-refractivity contribution in [3.63, 3.8) is 0 Å². The van der Waals surface area contributed by atoms with Gasteiger partial charge in [-0.15, -0.1) is 11.8 Å². The van der Waals surface area contributed by atoms with Crippen LogP contribution in [0.1, 0.15) is 23.0 Å². The predicted octanol–water partition coefficient (Wildman–Crippen LogP) is 3.10. The van der Waals surface area contributed by atoms with Crippen molar-refractivity contribution in [2.45, 2.75) is 18.4 Å². The molecule has 0 saturated carbocycles. The molecule has 0 fully saturated rings. The van der Waals surface area contributed by atoms with Gasteiger partial charge in [0, 0.05) is 11.0 Å². The Morgan fingerprint density at radius 1 is 1.47 bits per heavy atom. The number of anilines is 1. The Morgan fingerprint density at radius 3 is 2.95 bits per heavy atom. The molecule has 19 heavy (non-hydrogen) atoms. The predicted molar refractivity (Wildman–Crippen MR) is 73.6 cm³/mol. The van der Waals surface area contributed by atoms with Crippen LogP contribution in [-0.2, 0) is 6.54 Å². The lowest BCUT2D eigenvalue weighted by atomic mass is 10.1. The Bertz CT molecular complexity index is 555. The van der Waals surface area contributed by atoms with Crippen LogP contribution < -0.4 is 5.32 Å². The summed E-state index contributed by atoms with van der Waals surface area (Å²) in [7, 11) is 0. The molecule has 0 saturated heterocycles. The Balaban J connectivity index is 2.23. The van der Waals surface area contributed by atoms with Gasteiger partial charge in [0.05, 0.1) is 24.0 Å². The molecule has 0 unspecified atom stereocenters. The molecule has 1 aromatic heterocycles. The number of hydrogen-bond donors (Lipinski definition) is 2. The Labute approximate surface area is 115 Å². The fourth-order valence-corrected chi connectivity index (χ4v) is 2.52. The van der Waals surface area contributed by atoms with Crippen LogP contribution in [-0.4, -0.2) is 22.0 Å². The van der Waals surface area contributed by atoms with Gasteiger partial charge in [-0.25, -0.2) is 4.79 Å². The minimum Gasteiger partial charge on any atom is -0.478 e. The van der Waals surface area contributed by atoms with Crippen molar-refractivity contribution in [2.24, 2.45) is 0 Å². The Hall–Kier alpha value is -1.95. The SMILES string of the molecule is CCSc1cccc(NCc2ccno2)c1C(=O)O. The number of carboxylic acid groups (broad SMARTS) is 1. The zero-order valence-electron chi connectivity index (χ0n) is 10.4. The second-order valence-electron chi connectivity index (χ2n) is 3.75. The number of aromatic carboxylic acids is 1. The van der Waals surface area contributed by atoms with Gasteiger partial charge >= 0.3 is 5.97 Å². The Morgan fingerprint density at radius 2 is 2.32 bits per heavy atom. The second-order valence-corrected chi connectivity index (χ2v) is 5.06. The van der Waals surface area contributed by atoms with Crippen LogP contribution in [0.3, 0.4) is 0 Å². The van der Waals surface area contributed by atoms with E-state index in [0.717, 1.165) is 10.6 Å². The highest BCUT2D eigenvalue weighted by Gasteiger charge is 2.15. The van der Waals surface area contributed by atoms with E-state index in [0.29, 0.717) is 23.6 Å². The van der Waals surface area contributed by atoms with Crippen molar-refractivity contribution in [3.05, 3.63) is 41.8 Å². The first kappa shape index (κ1) is 13.5. The molecule has 0 atom stereocenters. The fourth-order valence-electron chi connectivity index (χ4n) is 1.69. The maximum Gasteiger partial charge on any atom is 0.338 e. The van der Waals surface area contributed by atoms with Crippen LogP contribution in [0, 0.1) is 0 Å². The first-order valence-corrected chi connectivity index (χ1v) is 6.83. The van der Waals surface area contributed by atoms with E-state index in [1.165, 1.54) is 11.8 Å². The number of benzene rings is 1. The minimum atomic E-state index is -0.934. The summed E-state index contributed by atoms with van der Waals surface area (Å²) in [5.41, 5.74) is 0.885. The van der Waals surface area contributed by atoms with Gasteiger partial charge in [-0.05, 0) is 17.9 Å². The van der Waals surface area contributed by atoms with Crippen LogP contribution in [0.15, 0.2) is 39.9 Å². The van der Waals surface area contributed by atoms with E-state index in [2.05, 4.69) is 10.5 Å². The van der Waals surface area contributed by atoms with Gasteiger partial charge in [0.1, 0.15) is 0 Å². The second kappa shape index (κ2) is 6.29. The molecular weight excluding hydrogens is 264 g/mol. The van der Waals surface area contributed by atoms with Gasteiger partial charge in [-0.1, -0.05) is 18.1 Å². The molecule has 0 aliphatic rings. The van der Waals surface area contributed by atoms with E-state index < -0.39 is 5.97 Å². The summed E-state index contributed by atoms with van der Waals surface area (Å²) in [5.74, 6) is 0.549. The summed E-state index contributed by atoms with van der Waals surface area (Å²) in [6, 6.07) is 7.14. The molecule has 2 aromatic rings. The third-order valence-electron chi connectivity index (χ3n) is 2.48. The molecule has 0 aliphatic carbocycles. The number of carboxylic acids is 1. The zero-order valence-corrected chi connectivity index (χ0v) is 11.2. The molecule has 0 amide bonds. The molecule has 0 bridgehead atoms. The van der Waals surface area contributed by atoms with Gasteiger partial charge in [-0.2, -0.15) is 0 Å². The highest BCUT2D eigenvalue weighted by molar-refractivity contribution is 7.99. The van der Waals surface area contributed by atoms with Crippen molar-refractivity contribution in [1.82, 2.24) is 5.16 Å². The molecule has 1 aromatic carbocycles. The molecule has 0 spiro atoms. The molecule has 2 N–H and O–H groups in total. The number of nitrogens with one attached hydrogen (secondary N) is 1. The van der Waals surface area contributed by atoms with Crippen molar-refractivity contribution in [2.75, 3.05) is 11.1 Å². The number of rotatable bonds is 6. The van der Waals surface area contributed by atoms with E-state index in [-0.39, 0.29) is 0 Å². The molecule has 2 rings (SSSR count). The highest BCUT2D eigenvalue weighted by atomic mass is 32.2. The van der Waals surface area contributed by atoms with Crippen molar-refractivity contribution in [1.29, 1.82) is 0 Å². The molecule has 0 aliphatic heterocycles. The third kappa shape index (κ3) is 3.29. The summed E-state index contributed by atoms with van der Waals surface area (Å²) >= 11 is 1.51. The van der Waals surface area contributed by atoms with E-state index in [1.807, 2.05) is 19.1 Å². The largest absolute Gasteiger partial charge is 0.478 e. The molecule has 0 radical (unpaired) electrons. The number of nitrogens with zero attached hydrogens (tertiary/aromatic N) is 1. The van der Waals surface area contributed by atoms with E-state index in [1.54, 1.807) is 18.3 Å². The van der Waals surface area contributed by atoms with E-state index >= 15 is 0 Å². The molecule has 6 heteroatoms. The first-order valence-electron chi connectivity index (χ1n) is 5.85. The first-order chi connectivity index (χ1) is 9.22. The van der Waals surface area contributed by atoms with Crippen LogP contribution in [0.25, 0.3) is 0 Å². The summed E-state index contributed by atoms with van der Waals surface area (Å²) in [6.45, 7) is 2.39. The standard InChI is InChI=1S/C13H14N2O3S/c1-2-19-11-5-3-4-10(12(11)13(16)17)14-8-9-6-7-15-18-9/h3-7,14H,2,8H2,1H3,(H,16,17).